The van der Waals surface area contributed by atoms with E-state index < -0.39 is 5.54 Å². The molecule has 1 unspecified atom stereocenters. The summed E-state index contributed by atoms with van der Waals surface area (Å²) in [4.78, 5) is 25.0. The second-order valence-electron chi connectivity index (χ2n) is 7.18. The summed E-state index contributed by atoms with van der Waals surface area (Å²) in [6, 6.07) is 11.2. The van der Waals surface area contributed by atoms with Gasteiger partial charge in [-0.25, -0.2) is 4.39 Å². The van der Waals surface area contributed by atoms with E-state index in [4.69, 9.17) is 4.74 Å². The molecular weight excluding hydrogens is 361 g/mol. The lowest BCUT2D eigenvalue weighted by Crippen LogP contribution is -2.51. The average Bonchev–Trinajstić information content (AvgIpc) is 3.15. The molecule has 1 aliphatic rings. The molecule has 4 rings (SSSR count). The Kier molecular flexibility index (Phi) is 4.30. The van der Waals surface area contributed by atoms with Crippen LogP contribution in [0.5, 0.6) is 11.5 Å². The van der Waals surface area contributed by atoms with Crippen molar-refractivity contribution in [2.24, 2.45) is 0 Å². The maximum absolute atomic E-state index is 13.1. The summed E-state index contributed by atoms with van der Waals surface area (Å²) in [5.74, 6) is 0.155. The molecule has 0 aliphatic carbocycles. The molecule has 2 amide bonds. The Morgan fingerprint density at radius 3 is 2.61 bits per heavy atom. The van der Waals surface area contributed by atoms with Gasteiger partial charge in [-0.2, -0.15) is 0 Å². The maximum atomic E-state index is 13.1. The third kappa shape index (κ3) is 3.19. The molecule has 0 saturated carbocycles. The van der Waals surface area contributed by atoms with Gasteiger partial charge in [-0.15, -0.1) is 0 Å². The van der Waals surface area contributed by atoms with Gasteiger partial charge in [0.25, 0.3) is 5.91 Å². The van der Waals surface area contributed by atoms with Crippen molar-refractivity contribution in [1.29, 1.82) is 0 Å². The van der Waals surface area contributed by atoms with E-state index in [9.17, 15) is 14.0 Å². The number of benzene rings is 1. The number of aryl methyl sites for hydroxylation is 1. The van der Waals surface area contributed by atoms with E-state index in [1.54, 1.807) is 23.6 Å². The van der Waals surface area contributed by atoms with Crippen molar-refractivity contribution in [3.63, 3.8) is 0 Å². The van der Waals surface area contributed by atoms with Gasteiger partial charge in [-0.3, -0.25) is 9.59 Å². The number of fused-ring (bicyclic) bond motifs is 1. The minimum Gasteiger partial charge on any atom is -0.456 e. The van der Waals surface area contributed by atoms with Crippen LogP contribution in [0.3, 0.4) is 0 Å². The van der Waals surface area contributed by atoms with Crippen LogP contribution in [-0.4, -0.2) is 28.3 Å². The van der Waals surface area contributed by atoms with Crippen LogP contribution in [0.4, 0.5) is 4.39 Å². The standard InChI is InChI=1S/C21H20FN3O3/c1-13-11-15-5-8-17(28-16-6-3-14(22)4-7-16)12-25(15)18(13)19(26)24-21(2)9-10-23-20(21)27/h3-8,11-12H,9-10H2,1-2H3,(H,23,27)(H,24,26). The van der Waals surface area contributed by atoms with Gasteiger partial charge in [0.15, 0.2) is 0 Å². The molecule has 0 spiro atoms. The zero-order valence-electron chi connectivity index (χ0n) is 15.6. The van der Waals surface area contributed by atoms with Crippen molar-refractivity contribution < 1.29 is 18.7 Å². The highest BCUT2D eigenvalue weighted by Crippen LogP contribution is 2.26. The number of aromatic nitrogens is 1. The van der Waals surface area contributed by atoms with Gasteiger partial charge >= 0.3 is 0 Å². The van der Waals surface area contributed by atoms with E-state index in [0.29, 0.717) is 30.2 Å². The van der Waals surface area contributed by atoms with E-state index in [1.165, 1.54) is 24.3 Å². The number of hydrogen-bond acceptors (Lipinski definition) is 3. The predicted octanol–water partition coefficient (Wildman–Crippen LogP) is 3.19. The summed E-state index contributed by atoms with van der Waals surface area (Å²) in [5, 5.41) is 5.61. The fourth-order valence-electron chi connectivity index (χ4n) is 3.44. The number of halogens is 1. The largest absolute Gasteiger partial charge is 0.456 e. The predicted molar refractivity (Wildman–Crippen MR) is 102 cm³/mol. The van der Waals surface area contributed by atoms with Gasteiger partial charge < -0.3 is 19.8 Å². The first kappa shape index (κ1) is 18.0. The highest BCUT2D eigenvalue weighted by molar-refractivity contribution is 6.00. The monoisotopic (exact) mass is 381 g/mol. The number of nitrogens with one attached hydrogen (secondary N) is 2. The van der Waals surface area contributed by atoms with E-state index >= 15 is 0 Å². The normalized spacial score (nSPS) is 18.9. The molecule has 1 aliphatic heterocycles. The quantitative estimate of drug-likeness (QED) is 0.729. The van der Waals surface area contributed by atoms with E-state index in [-0.39, 0.29) is 17.6 Å². The number of nitrogens with zero attached hydrogens (tertiary/aromatic N) is 1. The fraction of sp³-hybridized carbons (Fsp3) is 0.238. The van der Waals surface area contributed by atoms with E-state index in [0.717, 1.165) is 11.1 Å². The summed E-state index contributed by atoms with van der Waals surface area (Å²) in [6.07, 6.45) is 2.25. The van der Waals surface area contributed by atoms with Crippen molar-refractivity contribution in [2.45, 2.75) is 25.8 Å². The first-order valence-corrected chi connectivity index (χ1v) is 9.02. The number of carbonyl (C=O) groups is 2. The Balaban J connectivity index is 1.66. The Morgan fingerprint density at radius 2 is 1.93 bits per heavy atom. The Bertz CT molecular complexity index is 1070. The number of hydrogen-bond donors (Lipinski definition) is 2. The minimum absolute atomic E-state index is 0.181. The van der Waals surface area contributed by atoms with Crippen molar-refractivity contribution >= 4 is 17.3 Å². The molecule has 28 heavy (non-hydrogen) atoms. The second kappa shape index (κ2) is 6.67. The summed E-state index contributed by atoms with van der Waals surface area (Å²) in [6.45, 7) is 4.11. The SMILES string of the molecule is Cc1cc2ccc(Oc3ccc(F)cc3)cn2c1C(=O)NC1(C)CCNC1=O. The van der Waals surface area contributed by atoms with Crippen LogP contribution in [0.2, 0.25) is 0 Å². The Labute approximate surface area is 161 Å². The molecule has 2 aromatic heterocycles. The van der Waals surface area contributed by atoms with Crippen molar-refractivity contribution in [3.8, 4) is 11.5 Å². The molecule has 1 saturated heterocycles. The fourth-order valence-corrected chi connectivity index (χ4v) is 3.44. The number of ether oxygens (including phenoxy) is 1. The molecule has 2 N–H and O–H groups in total. The molecule has 1 aromatic carbocycles. The van der Waals surface area contributed by atoms with Gasteiger partial charge in [-0.05, 0) is 68.3 Å². The molecule has 7 heteroatoms. The third-order valence-corrected chi connectivity index (χ3v) is 5.00. The zero-order chi connectivity index (χ0) is 19.9. The topological polar surface area (TPSA) is 71.8 Å². The summed E-state index contributed by atoms with van der Waals surface area (Å²) >= 11 is 0. The molecule has 6 nitrogen and oxygen atoms in total. The van der Waals surface area contributed by atoms with Gasteiger partial charge in [0, 0.05) is 12.1 Å². The van der Waals surface area contributed by atoms with Gasteiger partial charge in [0.2, 0.25) is 5.91 Å². The third-order valence-electron chi connectivity index (χ3n) is 5.00. The van der Waals surface area contributed by atoms with E-state index in [2.05, 4.69) is 10.6 Å². The lowest BCUT2D eigenvalue weighted by molar-refractivity contribution is -0.123. The minimum atomic E-state index is -0.921. The lowest BCUT2D eigenvalue weighted by Gasteiger charge is -2.22. The van der Waals surface area contributed by atoms with Gasteiger partial charge in [0.05, 0.1) is 6.20 Å². The Morgan fingerprint density at radius 1 is 1.21 bits per heavy atom. The number of carbonyl (C=O) groups excluding carboxylic acids is 2. The summed E-state index contributed by atoms with van der Waals surface area (Å²) in [7, 11) is 0. The van der Waals surface area contributed by atoms with Crippen LogP contribution in [0.15, 0.2) is 48.7 Å². The van der Waals surface area contributed by atoms with Crippen molar-refractivity contribution in [3.05, 3.63) is 65.7 Å². The molecule has 3 aromatic rings. The van der Waals surface area contributed by atoms with Crippen LogP contribution < -0.4 is 15.4 Å². The summed E-state index contributed by atoms with van der Waals surface area (Å²) < 4.78 is 20.6. The molecule has 0 bridgehead atoms. The highest BCUT2D eigenvalue weighted by Gasteiger charge is 2.39. The number of rotatable bonds is 4. The van der Waals surface area contributed by atoms with Gasteiger partial charge in [-0.1, -0.05) is 0 Å². The lowest BCUT2D eigenvalue weighted by atomic mass is 10.0. The van der Waals surface area contributed by atoms with Crippen LogP contribution >= 0.6 is 0 Å². The highest BCUT2D eigenvalue weighted by atomic mass is 19.1. The first-order chi connectivity index (χ1) is 13.4. The van der Waals surface area contributed by atoms with Gasteiger partial charge in [0.1, 0.15) is 28.5 Å². The molecule has 1 fully saturated rings. The van der Waals surface area contributed by atoms with Crippen LogP contribution in [-0.2, 0) is 4.79 Å². The first-order valence-electron chi connectivity index (χ1n) is 9.02. The summed E-state index contributed by atoms with van der Waals surface area (Å²) in [5.41, 5.74) is 1.14. The number of pyridine rings is 1. The zero-order valence-corrected chi connectivity index (χ0v) is 15.6. The molecule has 0 radical (unpaired) electrons. The molecule has 1 atom stereocenters. The van der Waals surface area contributed by atoms with E-state index in [1.807, 2.05) is 19.1 Å². The molecule has 144 valence electrons. The van der Waals surface area contributed by atoms with Crippen molar-refractivity contribution in [1.82, 2.24) is 15.0 Å². The Hall–Kier alpha value is -3.35. The van der Waals surface area contributed by atoms with Crippen molar-refractivity contribution in [2.75, 3.05) is 6.54 Å². The molecule has 3 heterocycles. The second-order valence-corrected chi connectivity index (χ2v) is 7.18. The molecular formula is C21H20FN3O3. The maximum Gasteiger partial charge on any atom is 0.269 e. The van der Waals surface area contributed by atoms with Crippen LogP contribution in [0.25, 0.3) is 5.52 Å². The van der Waals surface area contributed by atoms with Crippen LogP contribution in [0, 0.1) is 12.7 Å². The average molecular weight is 381 g/mol. The van der Waals surface area contributed by atoms with Crippen LogP contribution in [0.1, 0.15) is 29.4 Å². The smallest absolute Gasteiger partial charge is 0.269 e. The number of amides is 2.